The summed E-state index contributed by atoms with van der Waals surface area (Å²) < 4.78 is 23.1. The van der Waals surface area contributed by atoms with Crippen molar-refractivity contribution in [3.05, 3.63) is 34.9 Å². The number of aliphatic hydroxyl groups is 1. The van der Waals surface area contributed by atoms with Crippen molar-refractivity contribution >= 4 is 26.6 Å². The summed E-state index contributed by atoms with van der Waals surface area (Å²) in [5, 5.41) is 9.34. The Labute approximate surface area is 114 Å². The normalized spacial score (nSPS) is 20.5. The molecule has 0 radical (unpaired) electrons. The second-order valence-corrected chi connectivity index (χ2v) is 7.90. The van der Waals surface area contributed by atoms with Crippen LogP contribution in [0.5, 0.6) is 0 Å². The van der Waals surface area contributed by atoms with E-state index in [1.54, 1.807) is 0 Å². The third kappa shape index (κ3) is 2.67. The molecule has 0 spiro atoms. The second-order valence-electron chi connectivity index (χ2n) is 4.64. The fourth-order valence-electron chi connectivity index (χ4n) is 2.37. The van der Waals surface area contributed by atoms with Gasteiger partial charge in [0.2, 0.25) is 0 Å². The number of benzene rings is 1. The number of hydrogen-bond donors (Lipinski definition) is 5. The molecule has 9 heteroatoms. The minimum Gasteiger partial charge on any atom is -0.389 e. The zero-order valence-corrected chi connectivity index (χ0v) is 12.2. The Hall–Kier alpha value is -0.780. The van der Waals surface area contributed by atoms with Crippen LogP contribution in [-0.4, -0.2) is 30.8 Å². The van der Waals surface area contributed by atoms with Crippen LogP contribution in [0.3, 0.4) is 0 Å². The van der Waals surface area contributed by atoms with Gasteiger partial charge in [0.25, 0.3) is 0 Å². The molecule has 20 heavy (non-hydrogen) atoms. The molecule has 110 valence electrons. The summed E-state index contributed by atoms with van der Waals surface area (Å²) in [5.74, 6) is 0. The first-order chi connectivity index (χ1) is 9.03. The van der Waals surface area contributed by atoms with Crippen LogP contribution in [0.2, 0.25) is 0 Å². The minimum atomic E-state index is -4.61. The molecule has 0 amide bonds. The van der Waals surface area contributed by atoms with E-state index in [-0.39, 0.29) is 22.0 Å². The van der Waals surface area contributed by atoms with Crippen molar-refractivity contribution in [2.24, 2.45) is 0 Å². The van der Waals surface area contributed by atoms with Crippen molar-refractivity contribution in [2.75, 3.05) is 0 Å². The lowest BCUT2D eigenvalue weighted by Gasteiger charge is -2.20. The molecule has 1 aromatic carbocycles. The molecule has 0 aromatic heterocycles. The van der Waals surface area contributed by atoms with Gasteiger partial charge in [-0.15, -0.1) is 0 Å². The largest absolute Gasteiger partial charge is 0.389 e. The molecule has 1 aromatic rings. The highest BCUT2D eigenvalue weighted by Gasteiger charge is 2.42. The number of aliphatic hydroxyl groups excluding tert-OH is 1. The van der Waals surface area contributed by atoms with E-state index < -0.39 is 27.0 Å². The molecule has 0 aliphatic heterocycles. The van der Waals surface area contributed by atoms with E-state index in [0.717, 1.165) is 0 Å². The Balaban J connectivity index is 2.74. The van der Waals surface area contributed by atoms with Crippen LogP contribution >= 0.6 is 15.2 Å². The van der Waals surface area contributed by atoms with E-state index in [0.29, 0.717) is 0 Å². The van der Waals surface area contributed by atoms with Gasteiger partial charge in [0.1, 0.15) is 5.66 Å². The Morgan fingerprint density at radius 2 is 1.75 bits per heavy atom. The van der Waals surface area contributed by atoms with Crippen LogP contribution in [0.25, 0.3) is 6.08 Å². The van der Waals surface area contributed by atoms with E-state index in [4.69, 9.17) is 0 Å². The quantitative estimate of drug-likeness (QED) is 0.511. The van der Waals surface area contributed by atoms with Crippen molar-refractivity contribution in [3.8, 4) is 0 Å². The molecular formula is C11H14O7P2. The third-order valence-corrected chi connectivity index (χ3v) is 5.44. The summed E-state index contributed by atoms with van der Waals surface area (Å²) in [5.41, 5.74) is -1.13. The smallest absolute Gasteiger partial charge is 0.356 e. The third-order valence-electron chi connectivity index (χ3n) is 3.17. The van der Waals surface area contributed by atoms with Gasteiger partial charge in [-0.2, -0.15) is 0 Å². The van der Waals surface area contributed by atoms with Crippen LogP contribution < -0.4 is 5.30 Å². The topological polar surface area (TPSA) is 135 Å². The van der Waals surface area contributed by atoms with Gasteiger partial charge >= 0.3 is 15.2 Å². The highest BCUT2D eigenvalue weighted by atomic mass is 31.2. The lowest BCUT2D eigenvalue weighted by atomic mass is 10.1. The lowest BCUT2D eigenvalue weighted by Crippen LogP contribution is -2.12. The summed E-state index contributed by atoms with van der Waals surface area (Å²) in [4.78, 5) is 37.5. The Morgan fingerprint density at radius 3 is 2.20 bits per heavy atom. The summed E-state index contributed by atoms with van der Waals surface area (Å²) in [7, 11) is -9.18. The monoisotopic (exact) mass is 320 g/mol. The predicted octanol–water partition coefficient (Wildman–Crippen LogP) is 0.486. The van der Waals surface area contributed by atoms with Crippen molar-refractivity contribution in [3.63, 3.8) is 0 Å². The molecule has 1 aliphatic rings. The van der Waals surface area contributed by atoms with Gasteiger partial charge in [-0.25, -0.2) is 0 Å². The van der Waals surface area contributed by atoms with Crippen molar-refractivity contribution in [1.82, 2.24) is 0 Å². The fraction of sp³-hybridized carbons (Fsp3) is 0.273. The average Bonchev–Trinajstić information content (AvgIpc) is 2.65. The Bertz CT molecular complexity index is 667. The maximum Gasteiger partial charge on any atom is 0.356 e. The second kappa shape index (κ2) is 4.90. The zero-order chi connectivity index (χ0) is 15.3. The highest BCUT2D eigenvalue weighted by Crippen LogP contribution is 2.60. The standard InChI is InChI=1S/C11H14O7P2/c1-6(12)8-5-9-7(11(8)20(16,17)18)3-2-4-10(9)19(13,14)15/h2-6,11-12H,1H3,(H2,13,14,15)(H2,16,17,18). The maximum absolute atomic E-state index is 11.6. The van der Waals surface area contributed by atoms with E-state index in [2.05, 4.69) is 0 Å². The molecule has 0 heterocycles. The summed E-state index contributed by atoms with van der Waals surface area (Å²) >= 11 is 0. The molecule has 2 rings (SSSR count). The average molecular weight is 320 g/mol. The molecule has 2 unspecified atom stereocenters. The van der Waals surface area contributed by atoms with Crippen molar-refractivity contribution in [1.29, 1.82) is 0 Å². The fourth-order valence-corrected chi connectivity index (χ4v) is 4.42. The van der Waals surface area contributed by atoms with Gasteiger partial charge in [-0.1, -0.05) is 18.2 Å². The van der Waals surface area contributed by atoms with Crippen LogP contribution in [0.1, 0.15) is 23.7 Å². The Kier molecular flexibility index (Phi) is 3.82. The van der Waals surface area contributed by atoms with Gasteiger partial charge < -0.3 is 24.7 Å². The van der Waals surface area contributed by atoms with E-state index in [1.807, 2.05) is 0 Å². The van der Waals surface area contributed by atoms with Gasteiger partial charge in [0, 0.05) is 0 Å². The van der Waals surface area contributed by atoms with E-state index in [9.17, 15) is 33.8 Å². The molecule has 0 fully saturated rings. The molecule has 0 bridgehead atoms. The summed E-state index contributed by atoms with van der Waals surface area (Å²) in [6.45, 7) is 1.34. The molecule has 5 N–H and O–H groups in total. The molecule has 2 atom stereocenters. The maximum atomic E-state index is 11.6. The summed E-state index contributed by atoms with van der Waals surface area (Å²) in [6.07, 6.45) is 0.114. The first-order valence-electron chi connectivity index (χ1n) is 5.67. The van der Waals surface area contributed by atoms with Gasteiger partial charge in [-0.05, 0) is 29.7 Å². The van der Waals surface area contributed by atoms with Crippen molar-refractivity contribution in [2.45, 2.75) is 18.7 Å². The lowest BCUT2D eigenvalue weighted by molar-refractivity contribution is 0.226. The molecule has 0 saturated heterocycles. The van der Waals surface area contributed by atoms with Gasteiger partial charge in [0.05, 0.1) is 11.4 Å². The van der Waals surface area contributed by atoms with Gasteiger partial charge in [-0.3, -0.25) is 9.13 Å². The van der Waals surface area contributed by atoms with E-state index >= 15 is 0 Å². The van der Waals surface area contributed by atoms with Crippen molar-refractivity contribution < 1.29 is 33.8 Å². The SMILES string of the molecule is CC(O)C1=Cc2c(cccc2P(=O)(O)O)C1P(=O)(O)O. The predicted molar refractivity (Wildman–Crippen MR) is 72.6 cm³/mol. The number of rotatable bonds is 3. The van der Waals surface area contributed by atoms with Crippen LogP contribution in [0.15, 0.2) is 23.8 Å². The number of hydrogen-bond acceptors (Lipinski definition) is 3. The highest BCUT2D eigenvalue weighted by molar-refractivity contribution is 7.60. The number of fused-ring (bicyclic) bond motifs is 1. The van der Waals surface area contributed by atoms with E-state index in [1.165, 1.54) is 31.2 Å². The van der Waals surface area contributed by atoms with Crippen LogP contribution in [0, 0.1) is 0 Å². The minimum absolute atomic E-state index is 0.0502. The van der Waals surface area contributed by atoms with Crippen LogP contribution in [-0.2, 0) is 9.13 Å². The van der Waals surface area contributed by atoms with Gasteiger partial charge in [0.15, 0.2) is 0 Å². The first-order valence-corrected chi connectivity index (χ1v) is 8.96. The van der Waals surface area contributed by atoms with Crippen LogP contribution in [0.4, 0.5) is 0 Å². The molecular weight excluding hydrogens is 306 g/mol. The Morgan fingerprint density at radius 1 is 1.15 bits per heavy atom. The summed E-state index contributed by atoms with van der Waals surface area (Å²) in [6, 6.07) is 3.93. The molecule has 7 nitrogen and oxygen atoms in total. The molecule has 0 saturated carbocycles. The molecule has 1 aliphatic carbocycles. The zero-order valence-electron chi connectivity index (χ0n) is 10.4. The first kappa shape index (κ1) is 15.6.